The summed E-state index contributed by atoms with van der Waals surface area (Å²) in [6, 6.07) is 12.0. The van der Waals surface area contributed by atoms with E-state index in [0.717, 1.165) is 16.8 Å². The fourth-order valence-corrected chi connectivity index (χ4v) is 5.27. The Balaban J connectivity index is 1.69. The van der Waals surface area contributed by atoms with Crippen LogP contribution in [0.5, 0.6) is 0 Å². The predicted octanol–water partition coefficient (Wildman–Crippen LogP) is 2.96. The number of carbonyl (C=O) groups is 2. The third-order valence-electron chi connectivity index (χ3n) is 5.79. The Kier molecular flexibility index (Phi) is 7.92. The van der Waals surface area contributed by atoms with Crippen LogP contribution in [0.3, 0.4) is 0 Å². The molecule has 0 saturated heterocycles. The van der Waals surface area contributed by atoms with Gasteiger partial charge in [-0.3, -0.25) is 9.59 Å². The van der Waals surface area contributed by atoms with Crippen molar-refractivity contribution in [2.75, 3.05) is 18.0 Å². The summed E-state index contributed by atoms with van der Waals surface area (Å²) >= 11 is 0. The number of benzene rings is 2. The summed E-state index contributed by atoms with van der Waals surface area (Å²) in [6.45, 7) is 8.39. The van der Waals surface area contributed by atoms with E-state index < -0.39 is 16.1 Å². The average molecular weight is 472 g/mol. The summed E-state index contributed by atoms with van der Waals surface area (Å²) in [5, 5.41) is 2.88. The van der Waals surface area contributed by atoms with Crippen LogP contribution in [0.15, 0.2) is 47.4 Å². The van der Waals surface area contributed by atoms with Gasteiger partial charge in [-0.1, -0.05) is 43.7 Å². The quantitative estimate of drug-likeness (QED) is 0.588. The highest BCUT2D eigenvalue weighted by molar-refractivity contribution is 7.89. The fraction of sp³-hybridized carbons (Fsp3) is 0.440. The van der Waals surface area contributed by atoms with Crippen LogP contribution in [0.4, 0.5) is 5.69 Å². The highest BCUT2D eigenvalue weighted by Crippen LogP contribution is 2.30. The minimum atomic E-state index is -3.91. The zero-order valence-electron chi connectivity index (χ0n) is 19.7. The van der Waals surface area contributed by atoms with E-state index in [2.05, 4.69) is 10.0 Å². The lowest BCUT2D eigenvalue weighted by atomic mass is 10.0. The van der Waals surface area contributed by atoms with Gasteiger partial charge in [0.25, 0.3) is 0 Å². The van der Waals surface area contributed by atoms with Crippen LogP contribution in [0.1, 0.15) is 43.9 Å². The Bertz CT molecular complexity index is 1110. The molecule has 0 saturated carbocycles. The molecule has 7 nitrogen and oxygen atoms in total. The Labute approximate surface area is 196 Å². The SMILES string of the molecule is CC(=O)N1CCc2cc(S(=O)(=O)N[C@@H](CC(C)C)C(=O)NCCc3ccc(C)cc3)ccc21. The maximum Gasteiger partial charge on any atom is 0.241 e. The van der Waals surface area contributed by atoms with Crippen molar-refractivity contribution in [3.8, 4) is 0 Å². The third kappa shape index (κ3) is 6.42. The lowest BCUT2D eigenvalue weighted by Gasteiger charge is -2.21. The van der Waals surface area contributed by atoms with Crippen molar-refractivity contribution in [3.63, 3.8) is 0 Å². The van der Waals surface area contributed by atoms with Gasteiger partial charge in [-0.05, 0) is 61.4 Å². The van der Waals surface area contributed by atoms with Crippen molar-refractivity contribution in [1.82, 2.24) is 10.0 Å². The minimum absolute atomic E-state index is 0.0678. The van der Waals surface area contributed by atoms with E-state index in [9.17, 15) is 18.0 Å². The van der Waals surface area contributed by atoms with E-state index in [0.29, 0.717) is 32.4 Å². The van der Waals surface area contributed by atoms with Crippen LogP contribution in [-0.4, -0.2) is 39.4 Å². The van der Waals surface area contributed by atoms with Crippen LogP contribution in [0, 0.1) is 12.8 Å². The van der Waals surface area contributed by atoms with E-state index in [1.165, 1.54) is 18.6 Å². The third-order valence-corrected chi connectivity index (χ3v) is 7.26. The Morgan fingerprint density at radius 1 is 1.09 bits per heavy atom. The zero-order valence-corrected chi connectivity index (χ0v) is 20.5. The molecule has 33 heavy (non-hydrogen) atoms. The molecule has 0 unspecified atom stereocenters. The number of anilines is 1. The average Bonchev–Trinajstić information content (AvgIpc) is 3.18. The molecule has 1 aliphatic heterocycles. The molecule has 1 heterocycles. The van der Waals surface area contributed by atoms with Gasteiger partial charge in [0.05, 0.1) is 4.90 Å². The van der Waals surface area contributed by atoms with Gasteiger partial charge in [-0.25, -0.2) is 8.42 Å². The number of amides is 2. The van der Waals surface area contributed by atoms with Gasteiger partial charge < -0.3 is 10.2 Å². The largest absolute Gasteiger partial charge is 0.354 e. The maximum atomic E-state index is 13.1. The molecule has 3 rings (SSSR count). The van der Waals surface area contributed by atoms with Gasteiger partial charge in [0.1, 0.15) is 6.04 Å². The number of carbonyl (C=O) groups excluding carboxylic acids is 2. The highest BCUT2D eigenvalue weighted by atomic mass is 32.2. The summed E-state index contributed by atoms with van der Waals surface area (Å²) in [4.78, 5) is 26.4. The second-order valence-electron chi connectivity index (χ2n) is 9.04. The first-order valence-corrected chi connectivity index (χ1v) is 12.8. The number of nitrogens with one attached hydrogen (secondary N) is 2. The summed E-state index contributed by atoms with van der Waals surface area (Å²) in [7, 11) is -3.91. The number of aryl methyl sites for hydroxylation is 1. The van der Waals surface area contributed by atoms with E-state index in [1.807, 2.05) is 45.0 Å². The first kappa shape index (κ1) is 24.9. The van der Waals surface area contributed by atoms with E-state index in [1.54, 1.807) is 17.0 Å². The van der Waals surface area contributed by atoms with Gasteiger partial charge in [0.15, 0.2) is 0 Å². The smallest absolute Gasteiger partial charge is 0.241 e. The molecule has 0 fully saturated rings. The number of rotatable bonds is 9. The molecule has 1 aliphatic rings. The van der Waals surface area contributed by atoms with Crippen LogP contribution < -0.4 is 14.9 Å². The van der Waals surface area contributed by atoms with E-state index >= 15 is 0 Å². The number of hydrogen-bond acceptors (Lipinski definition) is 4. The zero-order chi connectivity index (χ0) is 24.2. The fourth-order valence-electron chi connectivity index (χ4n) is 4.02. The van der Waals surface area contributed by atoms with Gasteiger partial charge >= 0.3 is 0 Å². The Morgan fingerprint density at radius 3 is 2.42 bits per heavy atom. The monoisotopic (exact) mass is 471 g/mol. The van der Waals surface area contributed by atoms with Crippen molar-refractivity contribution in [3.05, 3.63) is 59.2 Å². The van der Waals surface area contributed by atoms with Crippen molar-refractivity contribution in [2.45, 2.75) is 57.9 Å². The van der Waals surface area contributed by atoms with Gasteiger partial charge in [0.2, 0.25) is 21.8 Å². The Morgan fingerprint density at radius 2 is 1.79 bits per heavy atom. The Hall–Kier alpha value is -2.71. The molecule has 2 aromatic carbocycles. The molecule has 0 spiro atoms. The predicted molar refractivity (Wildman–Crippen MR) is 130 cm³/mol. The molecule has 178 valence electrons. The van der Waals surface area contributed by atoms with Gasteiger partial charge in [-0.15, -0.1) is 0 Å². The number of fused-ring (bicyclic) bond motifs is 1. The van der Waals surface area contributed by atoms with Gasteiger partial charge in [-0.2, -0.15) is 4.72 Å². The lowest BCUT2D eigenvalue weighted by molar-refractivity contribution is -0.123. The second-order valence-corrected chi connectivity index (χ2v) is 10.8. The van der Waals surface area contributed by atoms with Gasteiger partial charge in [0, 0.05) is 25.7 Å². The molecule has 0 radical (unpaired) electrons. The first-order valence-electron chi connectivity index (χ1n) is 11.3. The number of hydrogen-bond donors (Lipinski definition) is 2. The molecule has 2 amide bonds. The summed E-state index contributed by atoms with van der Waals surface area (Å²) < 4.78 is 28.8. The first-order chi connectivity index (χ1) is 15.6. The molecule has 0 aliphatic carbocycles. The highest BCUT2D eigenvalue weighted by Gasteiger charge is 2.29. The van der Waals surface area contributed by atoms with Crippen LogP contribution in [0.25, 0.3) is 0 Å². The molecule has 8 heteroatoms. The summed E-state index contributed by atoms with van der Waals surface area (Å²) in [6.07, 6.45) is 1.66. The van der Waals surface area contributed by atoms with E-state index in [-0.39, 0.29) is 22.6 Å². The topological polar surface area (TPSA) is 95.6 Å². The maximum absolute atomic E-state index is 13.1. The van der Waals surface area contributed by atoms with Crippen molar-refractivity contribution < 1.29 is 18.0 Å². The van der Waals surface area contributed by atoms with Crippen molar-refractivity contribution in [2.24, 2.45) is 5.92 Å². The molecule has 0 bridgehead atoms. The standard InChI is InChI=1S/C25H33N3O4S/c1-17(2)15-23(25(30)26-13-11-20-7-5-18(3)6-8-20)27-33(31,32)22-9-10-24-21(16-22)12-14-28(24)19(4)29/h5-10,16-17,23,27H,11-15H2,1-4H3,(H,26,30)/t23-/m0/s1. The second kappa shape index (κ2) is 10.5. The molecule has 0 aromatic heterocycles. The number of sulfonamides is 1. The summed E-state index contributed by atoms with van der Waals surface area (Å²) in [5.74, 6) is -0.269. The molecular weight excluding hydrogens is 438 g/mol. The molecule has 2 aromatic rings. The van der Waals surface area contributed by atoms with Crippen molar-refractivity contribution in [1.29, 1.82) is 0 Å². The normalized spacial score (nSPS) is 14.3. The minimum Gasteiger partial charge on any atom is -0.354 e. The van der Waals surface area contributed by atoms with Crippen molar-refractivity contribution >= 4 is 27.5 Å². The molecular formula is C25H33N3O4S. The van der Waals surface area contributed by atoms with Crippen LogP contribution in [0.2, 0.25) is 0 Å². The summed E-state index contributed by atoms with van der Waals surface area (Å²) in [5.41, 5.74) is 3.85. The van der Waals surface area contributed by atoms with Crippen LogP contribution >= 0.6 is 0 Å². The molecule has 1 atom stereocenters. The van der Waals surface area contributed by atoms with Crippen LogP contribution in [-0.2, 0) is 32.5 Å². The number of nitrogens with zero attached hydrogens (tertiary/aromatic N) is 1. The lowest BCUT2D eigenvalue weighted by Crippen LogP contribution is -2.47. The van der Waals surface area contributed by atoms with E-state index in [4.69, 9.17) is 0 Å². The molecule has 2 N–H and O–H groups in total.